The molecule has 1 heterocycles. The molecule has 3 nitrogen and oxygen atoms in total. The van der Waals surface area contributed by atoms with E-state index >= 15 is 0 Å². The second-order valence-electron chi connectivity index (χ2n) is 5.31. The molecule has 0 unspecified atom stereocenters. The molecule has 0 spiro atoms. The van der Waals surface area contributed by atoms with Crippen molar-refractivity contribution in [1.29, 1.82) is 0 Å². The predicted octanol–water partition coefficient (Wildman–Crippen LogP) is 2.96. The second-order valence-corrected chi connectivity index (χ2v) is 5.31. The van der Waals surface area contributed by atoms with Crippen LogP contribution in [0.1, 0.15) is 25.0 Å². The van der Waals surface area contributed by atoms with Crippen molar-refractivity contribution in [2.75, 3.05) is 6.54 Å². The summed E-state index contributed by atoms with van der Waals surface area (Å²) in [6.07, 6.45) is 3.59. The van der Waals surface area contributed by atoms with Gasteiger partial charge in [-0.05, 0) is 30.7 Å². The Morgan fingerprint density at radius 3 is 2.85 bits per heavy atom. The van der Waals surface area contributed by atoms with Crippen LogP contribution in [-0.4, -0.2) is 16.3 Å². The summed E-state index contributed by atoms with van der Waals surface area (Å²) in [6, 6.07) is 3.45. The molecule has 108 valence electrons. The van der Waals surface area contributed by atoms with Gasteiger partial charge in [0.1, 0.15) is 11.6 Å². The molecule has 1 aromatic heterocycles. The quantitative estimate of drug-likeness (QED) is 0.881. The summed E-state index contributed by atoms with van der Waals surface area (Å²) in [7, 11) is 0. The monoisotopic (exact) mass is 279 g/mol. The van der Waals surface area contributed by atoms with E-state index < -0.39 is 11.6 Å². The standard InChI is InChI=1S/C15H19F2N3/c1-11(2)6-18-7-12-8-19-20(9-12)10-13-5-14(16)3-4-15(13)17/h3-5,8-9,11,18H,6-7,10H2,1-2H3. The van der Waals surface area contributed by atoms with Crippen molar-refractivity contribution in [3.63, 3.8) is 0 Å². The van der Waals surface area contributed by atoms with Crippen molar-refractivity contribution < 1.29 is 8.78 Å². The Hall–Kier alpha value is -1.75. The van der Waals surface area contributed by atoms with Gasteiger partial charge in [-0.2, -0.15) is 5.10 Å². The van der Waals surface area contributed by atoms with Gasteiger partial charge in [0.05, 0.1) is 12.7 Å². The molecule has 2 aromatic rings. The molecule has 0 saturated heterocycles. The van der Waals surface area contributed by atoms with E-state index in [4.69, 9.17) is 0 Å². The summed E-state index contributed by atoms with van der Waals surface area (Å²) < 4.78 is 28.2. The number of benzene rings is 1. The fourth-order valence-electron chi connectivity index (χ4n) is 1.93. The van der Waals surface area contributed by atoms with Crippen LogP contribution in [0.2, 0.25) is 0 Å². The Morgan fingerprint density at radius 2 is 2.10 bits per heavy atom. The highest BCUT2D eigenvalue weighted by molar-refractivity contribution is 5.19. The molecule has 0 aliphatic carbocycles. The molecular formula is C15H19F2N3. The third-order valence-corrected chi connectivity index (χ3v) is 2.91. The molecule has 20 heavy (non-hydrogen) atoms. The van der Waals surface area contributed by atoms with Gasteiger partial charge >= 0.3 is 0 Å². The molecule has 1 aromatic carbocycles. The molecule has 2 rings (SSSR count). The number of aromatic nitrogens is 2. The Bertz CT molecular complexity index is 564. The van der Waals surface area contributed by atoms with E-state index in [0.29, 0.717) is 11.5 Å². The van der Waals surface area contributed by atoms with Crippen molar-refractivity contribution in [2.24, 2.45) is 5.92 Å². The Balaban J connectivity index is 1.97. The summed E-state index contributed by atoms with van der Waals surface area (Å²) in [4.78, 5) is 0. The molecule has 0 amide bonds. The third-order valence-electron chi connectivity index (χ3n) is 2.91. The fourth-order valence-corrected chi connectivity index (χ4v) is 1.93. The Morgan fingerprint density at radius 1 is 1.30 bits per heavy atom. The van der Waals surface area contributed by atoms with Gasteiger partial charge in [-0.25, -0.2) is 8.78 Å². The maximum absolute atomic E-state index is 13.5. The van der Waals surface area contributed by atoms with Crippen molar-refractivity contribution in [2.45, 2.75) is 26.9 Å². The Labute approximate surface area is 117 Å². The van der Waals surface area contributed by atoms with Crippen LogP contribution in [0.4, 0.5) is 8.78 Å². The van der Waals surface area contributed by atoms with Crippen LogP contribution in [-0.2, 0) is 13.1 Å². The summed E-state index contributed by atoms with van der Waals surface area (Å²) in [5.74, 6) is -0.264. The zero-order valence-corrected chi connectivity index (χ0v) is 11.7. The average Bonchev–Trinajstić information content (AvgIpc) is 2.81. The molecule has 0 radical (unpaired) electrons. The highest BCUT2D eigenvalue weighted by Gasteiger charge is 2.06. The van der Waals surface area contributed by atoms with Crippen LogP contribution in [0, 0.1) is 17.6 Å². The average molecular weight is 279 g/mol. The van der Waals surface area contributed by atoms with E-state index in [1.54, 1.807) is 10.9 Å². The fraction of sp³-hybridized carbons (Fsp3) is 0.400. The lowest BCUT2D eigenvalue weighted by Gasteiger charge is -2.05. The van der Waals surface area contributed by atoms with Gasteiger partial charge < -0.3 is 5.32 Å². The number of hydrogen-bond donors (Lipinski definition) is 1. The van der Waals surface area contributed by atoms with E-state index in [0.717, 1.165) is 30.8 Å². The van der Waals surface area contributed by atoms with Crippen LogP contribution in [0.3, 0.4) is 0 Å². The first kappa shape index (κ1) is 14.7. The van der Waals surface area contributed by atoms with E-state index in [2.05, 4.69) is 24.3 Å². The van der Waals surface area contributed by atoms with Crippen LogP contribution in [0.5, 0.6) is 0 Å². The molecule has 0 aliphatic heterocycles. The zero-order valence-electron chi connectivity index (χ0n) is 11.7. The minimum Gasteiger partial charge on any atom is -0.312 e. The number of halogens is 2. The van der Waals surface area contributed by atoms with E-state index in [-0.39, 0.29) is 6.54 Å². The maximum atomic E-state index is 13.5. The van der Waals surface area contributed by atoms with Gasteiger partial charge in [-0.3, -0.25) is 4.68 Å². The molecule has 0 saturated carbocycles. The van der Waals surface area contributed by atoms with Gasteiger partial charge in [0.25, 0.3) is 0 Å². The smallest absolute Gasteiger partial charge is 0.128 e. The lowest BCUT2D eigenvalue weighted by molar-refractivity contribution is 0.551. The summed E-state index contributed by atoms with van der Waals surface area (Å²) in [5, 5.41) is 7.48. The number of hydrogen-bond acceptors (Lipinski definition) is 2. The van der Waals surface area contributed by atoms with Gasteiger partial charge in [-0.15, -0.1) is 0 Å². The molecule has 0 atom stereocenters. The lowest BCUT2D eigenvalue weighted by atomic mass is 10.2. The second kappa shape index (κ2) is 6.61. The summed E-state index contributed by atoms with van der Waals surface area (Å²) >= 11 is 0. The molecule has 0 aliphatic rings. The first-order chi connectivity index (χ1) is 9.54. The van der Waals surface area contributed by atoms with E-state index in [9.17, 15) is 8.78 Å². The topological polar surface area (TPSA) is 29.9 Å². The van der Waals surface area contributed by atoms with Crippen LogP contribution >= 0.6 is 0 Å². The molecule has 0 bridgehead atoms. The predicted molar refractivity (Wildman–Crippen MR) is 74.2 cm³/mol. The van der Waals surface area contributed by atoms with Crippen LogP contribution < -0.4 is 5.32 Å². The van der Waals surface area contributed by atoms with Crippen LogP contribution in [0.15, 0.2) is 30.6 Å². The minimum atomic E-state index is -0.438. The van der Waals surface area contributed by atoms with Crippen LogP contribution in [0.25, 0.3) is 0 Å². The highest BCUT2D eigenvalue weighted by Crippen LogP contribution is 2.11. The SMILES string of the molecule is CC(C)CNCc1cnn(Cc2cc(F)ccc2F)c1. The zero-order chi connectivity index (χ0) is 14.5. The maximum Gasteiger partial charge on any atom is 0.128 e. The number of nitrogens with zero attached hydrogens (tertiary/aromatic N) is 2. The lowest BCUT2D eigenvalue weighted by Crippen LogP contribution is -2.18. The minimum absolute atomic E-state index is 0.230. The number of rotatable bonds is 6. The molecule has 1 N–H and O–H groups in total. The van der Waals surface area contributed by atoms with Crippen molar-refractivity contribution >= 4 is 0 Å². The van der Waals surface area contributed by atoms with Gasteiger partial charge in [0.15, 0.2) is 0 Å². The molecule has 5 heteroatoms. The first-order valence-electron chi connectivity index (χ1n) is 6.70. The van der Waals surface area contributed by atoms with Gasteiger partial charge in [0.2, 0.25) is 0 Å². The summed E-state index contributed by atoms with van der Waals surface area (Å²) in [6.45, 7) is 6.17. The van der Waals surface area contributed by atoms with Gasteiger partial charge in [-0.1, -0.05) is 13.8 Å². The van der Waals surface area contributed by atoms with Crippen molar-refractivity contribution in [3.05, 3.63) is 53.4 Å². The van der Waals surface area contributed by atoms with E-state index in [1.165, 1.54) is 6.07 Å². The van der Waals surface area contributed by atoms with Crippen molar-refractivity contribution in [3.8, 4) is 0 Å². The summed E-state index contributed by atoms with van der Waals surface area (Å²) in [5.41, 5.74) is 1.33. The number of nitrogens with one attached hydrogen (secondary N) is 1. The third kappa shape index (κ3) is 4.13. The molecular weight excluding hydrogens is 260 g/mol. The highest BCUT2D eigenvalue weighted by atomic mass is 19.1. The first-order valence-corrected chi connectivity index (χ1v) is 6.70. The normalized spacial score (nSPS) is 11.2. The molecule has 0 fully saturated rings. The largest absolute Gasteiger partial charge is 0.312 e. The Kier molecular flexibility index (Phi) is 4.84. The van der Waals surface area contributed by atoms with Gasteiger partial charge in [0, 0.05) is 23.9 Å². The van der Waals surface area contributed by atoms with Crippen molar-refractivity contribution in [1.82, 2.24) is 15.1 Å². The van der Waals surface area contributed by atoms with E-state index in [1.807, 2.05) is 6.20 Å².